The lowest BCUT2D eigenvalue weighted by Crippen LogP contribution is -2.25. The summed E-state index contributed by atoms with van der Waals surface area (Å²) < 4.78 is 4.52. The molecule has 0 aliphatic carbocycles. The Balaban J connectivity index is 2.46. The molecule has 8 heteroatoms. The van der Waals surface area contributed by atoms with Crippen LogP contribution in [-0.2, 0) is 9.53 Å². The molecule has 1 saturated heterocycles. The van der Waals surface area contributed by atoms with Crippen molar-refractivity contribution in [1.82, 2.24) is 0 Å². The maximum absolute atomic E-state index is 11.8. The van der Waals surface area contributed by atoms with Gasteiger partial charge in [0.25, 0.3) is 5.69 Å². The van der Waals surface area contributed by atoms with E-state index in [1.807, 2.05) is 0 Å². The molecular weight excluding hydrogens is 284 g/mol. The maximum atomic E-state index is 11.8. The largest absolute Gasteiger partial charge is 0.465 e. The number of amides is 1. The fraction of sp³-hybridized carbons (Fsp3) is 0.333. The lowest BCUT2D eigenvalue weighted by atomic mass is 10.1. The number of nitrogens with zero attached hydrogens (tertiary/aromatic N) is 2. The highest BCUT2D eigenvalue weighted by atomic mass is 32.1. The van der Waals surface area contributed by atoms with E-state index in [4.69, 9.17) is 0 Å². The van der Waals surface area contributed by atoms with E-state index in [2.05, 4.69) is 17.4 Å². The first-order valence-corrected chi connectivity index (χ1v) is 6.31. The summed E-state index contributed by atoms with van der Waals surface area (Å²) in [6, 6.07) is 3.89. The van der Waals surface area contributed by atoms with Crippen LogP contribution in [0.3, 0.4) is 0 Å². The molecular formula is C12H12N2O5S. The molecule has 1 unspecified atom stereocenters. The summed E-state index contributed by atoms with van der Waals surface area (Å²) in [4.78, 5) is 35.0. The minimum absolute atomic E-state index is 0.0667. The second-order valence-electron chi connectivity index (χ2n) is 4.31. The monoisotopic (exact) mass is 296 g/mol. The van der Waals surface area contributed by atoms with Crippen LogP contribution < -0.4 is 4.90 Å². The maximum Gasteiger partial charge on any atom is 0.338 e. The number of nitro groups is 1. The van der Waals surface area contributed by atoms with Gasteiger partial charge in [0.15, 0.2) is 0 Å². The van der Waals surface area contributed by atoms with Crippen molar-refractivity contribution in [3.63, 3.8) is 0 Å². The third-order valence-electron chi connectivity index (χ3n) is 2.99. The molecule has 2 rings (SSSR count). The molecule has 1 aliphatic heterocycles. The van der Waals surface area contributed by atoms with E-state index < -0.39 is 10.9 Å². The van der Waals surface area contributed by atoms with Gasteiger partial charge in [-0.25, -0.2) is 4.79 Å². The van der Waals surface area contributed by atoms with Crippen LogP contribution in [0.4, 0.5) is 11.4 Å². The normalized spacial score (nSPS) is 18.2. The number of carbonyl (C=O) groups is 2. The first kappa shape index (κ1) is 14.3. The summed E-state index contributed by atoms with van der Waals surface area (Å²) in [5, 5.41) is 11.0. The van der Waals surface area contributed by atoms with Gasteiger partial charge in [-0.3, -0.25) is 14.9 Å². The van der Waals surface area contributed by atoms with Gasteiger partial charge >= 0.3 is 5.97 Å². The molecule has 106 valence electrons. The number of anilines is 1. The molecule has 1 aliphatic rings. The Morgan fingerprint density at radius 1 is 1.55 bits per heavy atom. The quantitative estimate of drug-likeness (QED) is 0.394. The van der Waals surface area contributed by atoms with Crippen molar-refractivity contribution in [2.24, 2.45) is 0 Å². The predicted octanol–water partition coefficient (Wildman–Crippen LogP) is 1.42. The molecule has 0 spiro atoms. The van der Waals surface area contributed by atoms with Crippen LogP contribution in [0.2, 0.25) is 0 Å². The number of methoxy groups -OCH3 is 1. The summed E-state index contributed by atoms with van der Waals surface area (Å²) >= 11 is 4.21. The number of nitro benzene ring substituents is 1. The third-order valence-corrected chi connectivity index (χ3v) is 3.33. The Kier molecular flexibility index (Phi) is 3.93. The Labute approximate surface area is 120 Å². The third kappa shape index (κ3) is 2.60. The van der Waals surface area contributed by atoms with Crippen molar-refractivity contribution in [1.29, 1.82) is 0 Å². The summed E-state index contributed by atoms with van der Waals surface area (Å²) in [5.74, 6) is -0.890. The summed E-state index contributed by atoms with van der Waals surface area (Å²) in [7, 11) is 1.19. The van der Waals surface area contributed by atoms with Gasteiger partial charge in [-0.15, -0.1) is 0 Å². The number of hydrogen-bond donors (Lipinski definition) is 1. The van der Waals surface area contributed by atoms with Gasteiger partial charge in [0, 0.05) is 24.3 Å². The summed E-state index contributed by atoms with van der Waals surface area (Å²) in [6.45, 7) is 0.306. The van der Waals surface area contributed by atoms with Crippen molar-refractivity contribution >= 4 is 35.9 Å². The fourth-order valence-corrected chi connectivity index (χ4v) is 2.38. The van der Waals surface area contributed by atoms with Crippen molar-refractivity contribution in [2.75, 3.05) is 18.6 Å². The Morgan fingerprint density at radius 3 is 2.75 bits per heavy atom. The molecule has 20 heavy (non-hydrogen) atoms. The predicted molar refractivity (Wildman–Crippen MR) is 74.2 cm³/mol. The summed E-state index contributed by atoms with van der Waals surface area (Å²) in [5.41, 5.74) is -0.0649. The van der Waals surface area contributed by atoms with Crippen molar-refractivity contribution in [2.45, 2.75) is 11.7 Å². The number of rotatable bonds is 3. The molecule has 1 aromatic carbocycles. The van der Waals surface area contributed by atoms with Gasteiger partial charge in [-0.2, -0.15) is 12.6 Å². The lowest BCUT2D eigenvalue weighted by molar-refractivity contribution is -0.384. The Hall–Kier alpha value is -2.09. The highest BCUT2D eigenvalue weighted by Gasteiger charge is 2.33. The van der Waals surface area contributed by atoms with Gasteiger partial charge in [0.2, 0.25) is 5.91 Å². The van der Waals surface area contributed by atoms with Gasteiger partial charge in [0.1, 0.15) is 5.69 Å². The number of thiol groups is 1. The van der Waals surface area contributed by atoms with Crippen LogP contribution in [0, 0.1) is 10.1 Å². The van der Waals surface area contributed by atoms with E-state index in [9.17, 15) is 19.7 Å². The van der Waals surface area contributed by atoms with Crippen LogP contribution in [0.15, 0.2) is 18.2 Å². The molecule has 1 heterocycles. The van der Waals surface area contributed by atoms with E-state index in [0.717, 1.165) is 6.07 Å². The molecule has 7 nitrogen and oxygen atoms in total. The van der Waals surface area contributed by atoms with Gasteiger partial charge in [-0.1, -0.05) is 0 Å². The highest BCUT2D eigenvalue weighted by molar-refractivity contribution is 7.81. The minimum Gasteiger partial charge on any atom is -0.465 e. The minimum atomic E-state index is -0.667. The topological polar surface area (TPSA) is 89.8 Å². The van der Waals surface area contributed by atoms with Gasteiger partial charge in [-0.05, 0) is 12.1 Å². The van der Waals surface area contributed by atoms with E-state index in [1.54, 1.807) is 0 Å². The molecule has 1 atom stereocenters. The van der Waals surface area contributed by atoms with Crippen LogP contribution >= 0.6 is 12.6 Å². The first-order chi connectivity index (χ1) is 9.43. The van der Waals surface area contributed by atoms with E-state index >= 15 is 0 Å². The first-order valence-electron chi connectivity index (χ1n) is 5.79. The van der Waals surface area contributed by atoms with Crippen molar-refractivity contribution < 1.29 is 19.2 Å². The van der Waals surface area contributed by atoms with Crippen LogP contribution in [0.5, 0.6) is 0 Å². The fourth-order valence-electron chi connectivity index (χ4n) is 2.06. The zero-order valence-corrected chi connectivity index (χ0v) is 11.5. The molecule has 1 amide bonds. The van der Waals surface area contributed by atoms with Gasteiger partial charge in [0.05, 0.1) is 17.6 Å². The van der Waals surface area contributed by atoms with Crippen LogP contribution in [0.25, 0.3) is 0 Å². The lowest BCUT2D eigenvalue weighted by Gasteiger charge is -2.16. The van der Waals surface area contributed by atoms with E-state index in [1.165, 1.54) is 24.1 Å². The molecule has 1 fully saturated rings. The van der Waals surface area contributed by atoms with E-state index in [-0.39, 0.29) is 34.5 Å². The van der Waals surface area contributed by atoms with Crippen molar-refractivity contribution in [3.8, 4) is 0 Å². The zero-order valence-electron chi connectivity index (χ0n) is 10.6. The summed E-state index contributed by atoms with van der Waals surface area (Å²) in [6.07, 6.45) is 0.235. The Bertz CT molecular complexity index is 589. The molecule has 0 radical (unpaired) electrons. The molecule has 0 bridgehead atoms. The average Bonchev–Trinajstić information content (AvgIpc) is 2.76. The average molecular weight is 296 g/mol. The standard InChI is InChI=1S/C12H12N2O5S/c1-19-12(16)7-2-3-9(10(4-7)14(17)18)13-6-8(20)5-11(13)15/h2-4,8,20H,5-6H2,1H3. The molecule has 0 saturated carbocycles. The molecule has 1 aromatic rings. The smallest absolute Gasteiger partial charge is 0.338 e. The number of benzene rings is 1. The Morgan fingerprint density at radius 2 is 2.25 bits per heavy atom. The molecule has 0 aromatic heterocycles. The number of carbonyl (C=O) groups excluding carboxylic acids is 2. The second kappa shape index (κ2) is 5.49. The van der Waals surface area contributed by atoms with Crippen molar-refractivity contribution in [3.05, 3.63) is 33.9 Å². The SMILES string of the molecule is COC(=O)c1ccc(N2CC(S)CC2=O)c([N+](=O)[O-])c1. The van der Waals surface area contributed by atoms with Crippen LogP contribution in [0.1, 0.15) is 16.8 Å². The van der Waals surface area contributed by atoms with Gasteiger partial charge < -0.3 is 9.64 Å². The number of esters is 1. The van der Waals surface area contributed by atoms with Crippen LogP contribution in [-0.4, -0.2) is 35.7 Å². The highest BCUT2D eigenvalue weighted by Crippen LogP contribution is 2.33. The van der Waals surface area contributed by atoms with E-state index in [0.29, 0.717) is 6.54 Å². The second-order valence-corrected chi connectivity index (χ2v) is 5.04. The number of hydrogen-bond acceptors (Lipinski definition) is 6. The number of ether oxygens (including phenoxy) is 1. The molecule has 0 N–H and O–H groups in total. The zero-order chi connectivity index (χ0) is 14.9.